The minimum absolute atomic E-state index is 0.187. The van der Waals surface area contributed by atoms with Crippen molar-refractivity contribution in [2.45, 2.75) is 37.1 Å². The van der Waals surface area contributed by atoms with Crippen LogP contribution in [0.15, 0.2) is 122 Å². The van der Waals surface area contributed by atoms with Crippen LogP contribution < -0.4 is 14.4 Å². The van der Waals surface area contributed by atoms with Gasteiger partial charge in [0.1, 0.15) is 35.6 Å². The first-order valence-electron chi connectivity index (χ1n) is 16.9. The summed E-state index contributed by atoms with van der Waals surface area (Å²) in [6.45, 7) is 1.95. The number of methoxy groups -OCH3 is 2. The first kappa shape index (κ1) is 34.7. The molecule has 2 aromatic heterocycles. The Morgan fingerprint density at radius 1 is 0.846 bits per heavy atom. The molecular formula is C40H38FN5O6. The molecule has 1 fully saturated rings. The van der Waals surface area contributed by atoms with Gasteiger partial charge in [-0.15, -0.1) is 0 Å². The molecule has 1 saturated heterocycles. The summed E-state index contributed by atoms with van der Waals surface area (Å²) in [6, 6.07) is 33.6. The number of hydrogen-bond donors (Lipinski definition) is 1. The molecule has 0 bridgehead atoms. The predicted octanol–water partition coefficient (Wildman–Crippen LogP) is 6.12. The number of amides is 1. The SMILES string of the molecule is CCN(C(=O)c1ccccc1)c1ncnc2c1ncn2[C@@H]1O[C@H](COC(c2ccccc2)(c2ccc(OC)cc2)c2ccc(OC)cc2)[C@@H](O)[C@H]1F. The Hall–Kier alpha value is -5.69. The van der Waals surface area contributed by atoms with Gasteiger partial charge < -0.3 is 24.1 Å². The summed E-state index contributed by atoms with van der Waals surface area (Å²) in [4.78, 5) is 28.2. The van der Waals surface area contributed by atoms with Gasteiger partial charge in [-0.05, 0) is 60.0 Å². The summed E-state index contributed by atoms with van der Waals surface area (Å²) in [5.41, 5.74) is 2.19. The van der Waals surface area contributed by atoms with Crippen molar-refractivity contribution in [2.24, 2.45) is 0 Å². The number of aromatic nitrogens is 4. The van der Waals surface area contributed by atoms with Crippen LogP contribution in [-0.4, -0.2) is 76.3 Å². The molecular weight excluding hydrogens is 665 g/mol. The number of carbonyl (C=O) groups excluding carboxylic acids is 1. The van der Waals surface area contributed by atoms with Gasteiger partial charge in [-0.2, -0.15) is 0 Å². The zero-order valence-corrected chi connectivity index (χ0v) is 28.9. The molecule has 0 aliphatic carbocycles. The molecule has 1 aliphatic heterocycles. The predicted molar refractivity (Wildman–Crippen MR) is 192 cm³/mol. The Morgan fingerprint density at radius 2 is 1.42 bits per heavy atom. The molecule has 0 radical (unpaired) electrons. The zero-order chi connectivity index (χ0) is 36.2. The van der Waals surface area contributed by atoms with Crippen LogP contribution in [0.1, 0.15) is 40.2 Å². The average Bonchev–Trinajstić information content (AvgIpc) is 3.76. The quantitative estimate of drug-likeness (QED) is 0.151. The molecule has 0 saturated carbocycles. The molecule has 0 unspecified atom stereocenters. The van der Waals surface area contributed by atoms with Gasteiger partial charge in [-0.25, -0.2) is 19.3 Å². The van der Waals surface area contributed by atoms with Crippen molar-refractivity contribution in [1.82, 2.24) is 19.5 Å². The highest BCUT2D eigenvalue weighted by Gasteiger charge is 2.48. The standard InChI is InChI=1S/C40H38FN5O6/c1-4-45(38(48)26-11-7-5-8-12-26)36-34-37(43-24-42-36)46(25-44-34)39-33(41)35(47)32(52-39)23-51-40(27-13-9-6-10-14-27,28-15-19-30(49-2)20-16-28)29-17-21-31(50-3)22-18-29/h5-22,24-25,32-33,35,39,47H,4,23H2,1-3H3/t32-,33-,35-,39-/m1/s1. The number of benzene rings is 4. The van der Waals surface area contributed by atoms with E-state index in [0.717, 1.165) is 16.7 Å². The maximum absolute atomic E-state index is 16.1. The number of aliphatic hydroxyl groups excluding tert-OH is 1. The Balaban J connectivity index is 1.22. The molecule has 4 aromatic carbocycles. The first-order chi connectivity index (χ1) is 25.4. The smallest absolute Gasteiger partial charge is 0.259 e. The van der Waals surface area contributed by atoms with E-state index >= 15 is 4.39 Å². The van der Waals surface area contributed by atoms with E-state index < -0.39 is 30.2 Å². The second-order valence-corrected chi connectivity index (χ2v) is 12.3. The van der Waals surface area contributed by atoms with E-state index in [-0.39, 0.29) is 24.0 Å². The van der Waals surface area contributed by atoms with Gasteiger partial charge in [-0.1, -0.05) is 72.8 Å². The van der Waals surface area contributed by atoms with Gasteiger partial charge in [0.2, 0.25) is 0 Å². The number of alkyl halides is 1. The van der Waals surface area contributed by atoms with Crippen molar-refractivity contribution in [3.05, 3.63) is 144 Å². The lowest BCUT2D eigenvalue weighted by molar-refractivity contribution is -0.0935. The van der Waals surface area contributed by atoms with Crippen molar-refractivity contribution in [2.75, 3.05) is 32.3 Å². The van der Waals surface area contributed by atoms with E-state index in [1.54, 1.807) is 38.5 Å². The van der Waals surface area contributed by atoms with Crippen LogP contribution in [0.5, 0.6) is 11.5 Å². The second kappa shape index (κ2) is 14.9. The summed E-state index contributed by atoms with van der Waals surface area (Å²) < 4.78 is 41.6. The topological polar surface area (TPSA) is 121 Å². The lowest BCUT2D eigenvalue weighted by Gasteiger charge is -2.37. The van der Waals surface area contributed by atoms with E-state index in [4.69, 9.17) is 18.9 Å². The highest BCUT2D eigenvalue weighted by Crippen LogP contribution is 2.43. The van der Waals surface area contributed by atoms with Crippen LogP contribution in [0.25, 0.3) is 11.2 Å². The third-order valence-corrected chi connectivity index (χ3v) is 9.38. The maximum Gasteiger partial charge on any atom is 0.259 e. The van der Waals surface area contributed by atoms with Crippen LogP contribution in [-0.2, 0) is 15.1 Å². The van der Waals surface area contributed by atoms with Gasteiger partial charge in [-0.3, -0.25) is 14.3 Å². The fraction of sp³-hybridized carbons (Fsp3) is 0.250. The lowest BCUT2D eigenvalue weighted by atomic mass is 9.80. The molecule has 7 rings (SSSR count). The summed E-state index contributed by atoms with van der Waals surface area (Å²) in [5.74, 6) is 1.36. The van der Waals surface area contributed by atoms with Crippen molar-refractivity contribution in [1.29, 1.82) is 0 Å². The van der Waals surface area contributed by atoms with Crippen LogP contribution in [0.3, 0.4) is 0 Å². The summed E-state index contributed by atoms with van der Waals surface area (Å²) in [5, 5.41) is 11.3. The largest absolute Gasteiger partial charge is 0.497 e. The molecule has 11 nitrogen and oxygen atoms in total. The monoisotopic (exact) mass is 703 g/mol. The number of fused-ring (bicyclic) bond motifs is 1. The van der Waals surface area contributed by atoms with Gasteiger partial charge in [0.15, 0.2) is 29.4 Å². The maximum atomic E-state index is 16.1. The highest BCUT2D eigenvalue weighted by atomic mass is 19.1. The number of imidazole rings is 1. The number of ether oxygens (including phenoxy) is 4. The molecule has 0 spiro atoms. The number of carbonyl (C=O) groups is 1. The Morgan fingerprint density at radius 3 is 2.00 bits per heavy atom. The summed E-state index contributed by atoms with van der Waals surface area (Å²) in [7, 11) is 3.20. The molecule has 1 aliphatic rings. The molecule has 266 valence electrons. The third kappa shape index (κ3) is 6.25. The number of halogens is 1. The van der Waals surface area contributed by atoms with Crippen molar-refractivity contribution < 1.29 is 33.2 Å². The summed E-state index contributed by atoms with van der Waals surface area (Å²) >= 11 is 0. The molecule has 6 aromatic rings. The molecule has 4 atom stereocenters. The molecule has 12 heteroatoms. The minimum Gasteiger partial charge on any atom is -0.497 e. The second-order valence-electron chi connectivity index (χ2n) is 12.3. The summed E-state index contributed by atoms with van der Waals surface area (Å²) in [6.07, 6.45) is -3.08. The molecule has 52 heavy (non-hydrogen) atoms. The Kier molecular flexibility index (Phi) is 9.95. The van der Waals surface area contributed by atoms with Gasteiger partial charge in [0, 0.05) is 12.1 Å². The first-order valence-corrected chi connectivity index (χ1v) is 16.9. The Bertz CT molecular complexity index is 2070. The minimum atomic E-state index is -1.86. The van der Waals surface area contributed by atoms with E-state index in [2.05, 4.69) is 15.0 Å². The van der Waals surface area contributed by atoms with E-state index in [1.807, 2.05) is 91.9 Å². The van der Waals surface area contributed by atoms with Crippen molar-refractivity contribution in [3.8, 4) is 11.5 Å². The van der Waals surface area contributed by atoms with Gasteiger partial charge >= 0.3 is 0 Å². The van der Waals surface area contributed by atoms with E-state index in [1.165, 1.54) is 22.1 Å². The number of anilines is 1. The lowest BCUT2D eigenvalue weighted by Crippen LogP contribution is -2.39. The number of aliphatic hydroxyl groups is 1. The normalized spacial score (nSPS) is 18.7. The third-order valence-electron chi connectivity index (χ3n) is 9.38. The van der Waals surface area contributed by atoms with E-state index in [9.17, 15) is 9.90 Å². The fourth-order valence-corrected chi connectivity index (χ4v) is 6.70. The van der Waals surface area contributed by atoms with Crippen LogP contribution in [0.2, 0.25) is 0 Å². The van der Waals surface area contributed by atoms with Crippen LogP contribution in [0, 0.1) is 0 Å². The van der Waals surface area contributed by atoms with Gasteiger partial charge in [0.25, 0.3) is 5.91 Å². The molecule has 3 heterocycles. The molecule has 1 N–H and O–H groups in total. The van der Waals surface area contributed by atoms with E-state index in [0.29, 0.717) is 29.1 Å². The fourth-order valence-electron chi connectivity index (χ4n) is 6.70. The zero-order valence-electron chi connectivity index (χ0n) is 28.9. The highest BCUT2D eigenvalue weighted by molar-refractivity contribution is 6.08. The van der Waals surface area contributed by atoms with Gasteiger partial charge in [0.05, 0.1) is 27.2 Å². The van der Waals surface area contributed by atoms with Crippen LogP contribution in [0.4, 0.5) is 10.2 Å². The number of rotatable bonds is 12. The number of nitrogens with zero attached hydrogens (tertiary/aromatic N) is 5. The average molecular weight is 704 g/mol. The number of hydrogen-bond acceptors (Lipinski definition) is 9. The molecule has 1 amide bonds. The van der Waals surface area contributed by atoms with Crippen molar-refractivity contribution >= 4 is 22.9 Å². The Labute approximate surface area is 300 Å². The van der Waals surface area contributed by atoms with Crippen LogP contribution >= 0.6 is 0 Å². The van der Waals surface area contributed by atoms with Crippen molar-refractivity contribution in [3.63, 3.8) is 0 Å².